The first-order valence-electron chi connectivity index (χ1n) is 5.16. The third-order valence-corrected chi connectivity index (χ3v) is 4.35. The molecule has 0 bridgehead atoms. The van der Waals surface area contributed by atoms with Crippen LogP contribution in [-0.2, 0) is 0 Å². The number of phenolic OH excluding ortho intramolecular Hbond substituents is 1. The second-order valence-corrected chi connectivity index (χ2v) is 6.52. The first kappa shape index (κ1) is 14.5. The van der Waals surface area contributed by atoms with Gasteiger partial charge in [-0.2, -0.15) is 0 Å². The van der Waals surface area contributed by atoms with E-state index in [1.165, 1.54) is 23.5 Å². The lowest BCUT2D eigenvalue weighted by Crippen LogP contribution is -1.72. The van der Waals surface area contributed by atoms with E-state index in [4.69, 9.17) is 23.2 Å². The maximum atomic E-state index is 9.36. The van der Waals surface area contributed by atoms with Gasteiger partial charge in [0.2, 0.25) is 0 Å². The molecule has 0 saturated carbocycles. The SMILES string of the molecule is CCSc1nnc(N=Nc2cc(Cl)c(O)cc2Cl)s1. The van der Waals surface area contributed by atoms with Crippen LogP contribution in [0.2, 0.25) is 10.0 Å². The monoisotopic (exact) mass is 334 g/mol. The lowest BCUT2D eigenvalue weighted by molar-refractivity contribution is 0.475. The predicted octanol–water partition coefficient (Wildman–Crippen LogP) is 5.08. The molecule has 0 aliphatic heterocycles. The molecule has 1 aromatic heterocycles. The first-order chi connectivity index (χ1) is 9.10. The molecule has 0 spiro atoms. The molecular weight excluding hydrogens is 327 g/mol. The second-order valence-electron chi connectivity index (χ2n) is 3.24. The first-order valence-corrected chi connectivity index (χ1v) is 7.72. The maximum absolute atomic E-state index is 9.36. The summed E-state index contributed by atoms with van der Waals surface area (Å²) in [4.78, 5) is 0. The van der Waals surface area contributed by atoms with Crippen LogP contribution in [0.1, 0.15) is 6.92 Å². The van der Waals surface area contributed by atoms with Gasteiger partial charge in [0.25, 0.3) is 5.13 Å². The predicted molar refractivity (Wildman–Crippen MR) is 78.6 cm³/mol. The summed E-state index contributed by atoms with van der Waals surface area (Å²) < 4.78 is 0.839. The van der Waals surface area contributed by atoms with Gasteiger partial charge in [0.15, 0.2) is 4.34 Å². The molecule has 5 nitrogen and oxygen atoms in total. The van der Waals surface area contributed by atoms with Crippen molar-refractivity contribution in [1.82, 2.24) is 10.2 Å². The molecule has 19 heavy (non-hydrogen) atoms. The highest BCUT2D eigenvalue weighted by molar-refractivity contribution is 8.01. The van der Waals surface area contributed by atoms with Crippen LogP contribution in [0.3, 0.4) is 0 Å². The van der Waals surface area contributed by atoms with Crippen molar-refractivity contribution in [3.8, 4) is 5.75 Å². The van der Waals surface area contributed by atoms with Gasteiger partial charge in [-0.15, -0.1) is 20.4 Å². The van der Waals surface area contributed by atoms with Crippen LogP contribution in [-0.4, -0.2) is 21.1 Å². The molecule has 0 unspecified atom stereocenters. The fourth-order valence-corrected chi connectivity index (χ4v) is 3.04. The van der Waals surface area contributed by atoms with Crippen molar-refractivity contribution in [2.45, 2.75) is 11.3 Å². The summed E-state index contributed by atoms with van der Waals surface area (Å²) in [6, 6.07) is 2.75. The molecular formula is C10H8Cl2N4OS2. The molecule has 1 N–H and O–H groups in total. The van der Waals surface area contributed by atoms with Gasteiger partial charge in [-0.3, -0.25) is 0 Å². The molecule has 0 fully saturated rings. The third-order valence-electron chi connectivity index (χ3n) is 1.92. The molecule has 0 aliphatic rings. The second kappa shape index (κ2) is 6.51. The van der Waals surface area contributed by atoms with Gasteiger partial charge in [-0.1, -0.05) is 53.2 Å². The van der Waals surface area contributed by atoms with Crippen LogP contribution in [0.5, 0.6) is 5.75 Å². The molecule has 1 heterocycles. The number of rotatable bonds is 4. The third kappa shape index (κ3) is 3.79. The van der Waals surface area contributed by atoms with E-state index in [1.54, 1.807) is 11.8 Å². The Morgan fingerprint density at radius 1 is 1.26 bits per heavy atom. The molecule has 0 radical (unpaired) electrons. The normalized spacial score (nSPS) is 11.3. The van der Waals surface area contributed by atoms with Crippen LogP contribution in [0.15, 0.2) is 26.7 Å². The number of phenols is 1. The maximum Gasteiger partial charge on any atom is 0.252 e. The van der Waals surface area contributed by atoms with Crippen LogP contribution in [0, 0.1) is 0 Å². The summed E-state index contributed by atoms with van der Waals surface area (Å²) in [5.41, 5.74) is 0.365. The van der Waals surface area contributed by atoms with Gasteiger partial charge >= 0.3 is 0 Å². The number of thioether (sulfide) groups is 1. The van der Waals surface area contributed by atoms with Gasteiger partial charge in [0, 0.05) is 6.07 Å². The minimum absolute atomic E-state index is 0.0943. The highest BCUT2D eigenvalue weighted by Crippen LogP contribution is 2.36. The zero-order valence-electron chi connectivity index (χ0n) is 9.67. The molecule has 0 aliphatic carbocycles. The Bertz CT molecular complexity index is 618. The molecule has 9 heteroatoms. The van der Waals surface area contributed by atoms with Crippen molar-refractivity contribution in [2.75, 3.05) is 5.75 Å². The van der Waals surface area contributed by atoms with E-state index in [2.05, 4.69) is 20.4 Å². The fraction of sp³-hybridized carbons (Fsp3) is 0.200. The van der Waals surface area contributed by atoms with Gasteiger partial charge < -0.3 is 5.11 Å². The number of aromatic nitrogens is 2. The van der Waals surface area contributed by atoms with Crippen molar-refractivity contribution in [1.29, 1.82) is 0 Å². The largest absolute Gasteiger partial charge is 0.506 e. The smallest absolute Gasteiger partial charge is 0.252 e. The van der Waals surface area contributed by atoms with Gasteiger partial charge in [0.1, 0.15) is 11.4 Å². The van der Waals surface area contributed by atoms with Crippen LogP contribution < -0.4 is 0 Å². The summed E-state index contributed by atoms with van der Waals surface area (Å²) >= 11 is 14.6. The average Bonchev–Trinajstić information content (AvgIpc) is 2.80. The quantitative estimate of drug-likeness (QED) is 0.625. The Labute approximate surface area is 127 Å². The van der Waals surface area contributed by atoms with E-state index in [9.17, 15) is 5.11 Å². The van der Waals surface area contributed by atoms with Crippen molar-refractivity contribution < 1.29 is 5.11 Å². The van der Waals surface area contributed by atoms with Crippen molar-refractivity contribution in [3.63, 3.8) is 0 Å². The highest BCUT2D eigenvalue weighted by Gasteiger charge is 2.07. The number of azo groups is 1. The molecule has 0 saturated heterocycles. The lowest BCUT2D eigenvalue weighted by Gasteiger charge is -1.99. The number of hydrogen-bond acceptors (Lipinski definition) is 7. The van der Waals surface area contributed by atoms with Crippen molar-refractivity contribution in [3.05, 3.63) is 22.2 Å². The van der Waals surface area contributed by atoms with E-state index < -0.39 is 0 Å². The van der Waals surface area contributed by atoms with E-state index in [0.29, 0.717) is 10.8 Å². The molecule has 100 valence electrons. The number of halogens is 2. The van der Waals surface area contributed by atoms with E-state index >= 15 is 0 Å². The Morgan fingerprint density at radius 2 is 2.05 bits per heavy atom. The number of nitrogens with zero attached hydrogens (tertiary/aromatic N) is 4. The Morgan fingerprint density at radius 3 is 2.79 bits per heavy atom. The molecule has 2 aromatic rings. The Kier molecular flexibility index (Phi) is 4.98. The average molecular weight is 335 g/mol. The summed E-state index contributed by atoms with van der Waals surface area (Å²) in [5.74, 6) is 0.828. The summed E-state index contributed by atoms with van der Waals surface area (Å²) in [5, 5.41) is 26.0. The van der Waals surface area contributed by atoms with Crippen molar-refractivity contribution in [2.24, 2.45) is 10.2 Å². The minimum atomic E-state index is -0.0943. The van der Waals surface area contributed by atoms with Gasteiger partial charge in [-0.05, 0) is 11.8 Å². The minimum Gasteiger partial charge on any atom is -0.506 e. The molecule has 0 atom stereocenters. The van der Waals surface area contributed by atoms with E-state index in [-0.39, 0.29) is 15.8 Å². The van der Waals surface area contributed by atoms with Crippen LogP contribution >= 0.6 is 46.3 Å². The fourth-order valence-electron chi connectivity index (χ4n) is 1.12. The molecule has 2 rings (SSSR count). The van der Waals surface area contributed by atoms with Crippen molar-refractivity contribution >= 4 is 57.1 Å². The van der Waals surface area contributed by atoms with E-state index in [0.717, 1.165) is 10.1 Å². The zero-order valence-corrected chi connectivity index (χ0v) is 12.8. The Hall–Kier alpha value is -0.890. The summed E-state index contributed by atoms with van der Waals surface area (Å²) in [7, 11) is 0. The van der Waals surface area contributed by atoms with Crippen LogP contribution in [0.25, 0.3) is 0 Å². The molecule has 0 amide bonds. The number of benzene rings is 1. The Balaban J connectivity index is 2.19. The van der Waals surface area contributed by atoms with Gasteiger partial charge in [0.05, 0.1) is 10.0 Å². The summed E-state index contributed by atoms with van der Waals surface area (Å²) in [6.45, 7) is 2.03. The number of aromatic hydroxyl groups is 1. The standard InChI is InChI=1S/C10H8Cl2N4OS2/c1-2-18-10-16-15-9(19-10)14-13-7-3-6(12)8(17)4-5(7)11/h3-4,17H,2H2,1H3. The topological polar surface area (TPSA) is 70.7 Å². The zero-order chi connectivity index (χ0) is 13.8. The summed E-state index contributed by atoms with van der Waals surface area (Å²) in [6.07, 6.45) is 0. The highest BCUT2D eigenvalue weighted by atomic mass is 35.5. The van der Waals surface area contributed by atoms with E-state index in [1.807, 2.05) is 6.92 Å². The van der Waals surface area contributed by atoms with Gasteiger partial charge in [-0.25, -0.2) is 0 Å². The lowest BCUT2D eigenvalue weighted by atomic mass is 10.3. The van der Waals surface area contributed by atoms with Crippen LogP contribution in [0.4, 0.5) is 10.8 Å². The number of hydrogen-bond donors (Lipinski definition) is 1. The molecule has 1 aromatic carbocycles.